The van der Waals surface area contributed by atoms with Crippen molar-refractivity contribution in [3.63, 3.8) is 0 Å². The third kappa shape index (κ3) is 6.17. The Bertz CT molecular complexity index is 933. The predicted octanol–water partition coefficient (Wildman–Crippen LogP) is 3.22. The average Bonchev–Trinajstić information content (AvgIpc) is 3.32. The van der Waals surface area contributed by atoms with Gasteiger partial charge in [0, 0.05) is 11.9 Å². The van der Waals surface area contributed by atoms with Crippen molar-refractivity contribution in [1.82, 2.24) is 15.4 Å². The number of amides is 4. The monoisotopic (exact) mass is 441 g/mol. The van der Waals surface area contributed by atoms with Gasteiger partial charge >= 0.3 is 18.0 Å². The highest BCUT2D eigenvalue weighted by Gasteiger charge is 2.31. The molecule has 0 aliphatic heterocycles. The first-order chi connectivity index (χ1) is 15.5. The molecule has 3 N–H and O–H groups in total. The molecule has 32 heavy (non-hydrogen) atoms. The van der Waals surface area contributed by atoms with E-state index in [-0.39, 0.29) is 24.4 Å². The maximum atomic E-state index is 13.5. The van der Waals surface area contributed by atoms with E-state index < -0.39 is 18.5 Å². The molecule has 10 heteroatoms. The SMILES string of the molecule is CON(C(=O)N(Cc1ccnc(NC(=O)NCC(=O)O)c1)c1ccccc1)C1CCCC1. The van der Waals surface area contributed by atoms with Gasteiger partial charge in [0.1, 0.15) is 12.4 Å². The molecule has 0 atom stereocenters. The zero-order chi connectivity index (χ0) is 22.9. The van der Waals surface area contributed by atoms with Gasteiger partial charge in [0.05, 0.1) is 19.7 Å². The molecule has 4 amide bonds. The fourth-order valence-corrected chi connectivity index (χ4v) is 3.66. The van der Waals surface area contributed by atoms with Gasteiger partial charge in [-0.05, 0) is 42.7 Å². The van der Waals surface area contributed by atoms with Crippen LogP contribution >= 0.6 is 0 Å². The molecule has 0 radical (unpaired) electrons. The van der Waals surface area contributed by atoms with Gasteiger partial charge in [-0.3, -0.25) is 19.8 Å². The van der Waals surface area contributed by atoms with E-state index in [0.717, 1.165) is 31.2 Å². The number of anilines is 2. The highest BCUT2D eigenvalue weighted by atomic mass is 16.7. The number of benzene rings is 1. The third-order valence-electron chi connectivity index (χ3n) is 5.15. The molecule has 1 fully saturated rings. The number of nitrogens with zero attached hydrogens (tertiary/aromatic N) is 3. The number of rotatable bonds is 8. The lowest BCUT2D eigenvalue weighted by atomic mass is 10.2. The van der Waals surface area contributed by atoms with Crippen molar-refractivity contribution in [1.29, 1.82) is 0 Å². The van der Waals surface area contributed by atoms with Crippen LogP contribution < -0.4 is 15.5 Å². The van der Waals surface area contributed by atoms with Crippen LogP contribution in [0.3, 0.4) is 0 Å². The third-order valence-corrected chi connectivity index (χ3v) is 5.15. The quantitative estimate of drug-likeness (QED) is 0.541. The Morgan fingerprint density at radius 2 is 1.88 bits per heavy atom. The maximum absolute atomic E-state index is 13.5. The van der Waals surface area contributed by atoms with Crippen LogP contribution in [0.15, 0.2) is 48.7 Å². The molecule has 0 bridgehead atoms. The summed E-state index contributed by atoms with van der Waals surface area (Å²) in [7, 11) is 1.50. The first kappa shape index (κ1) is 23.0. The highest BCUT2D eigenvalue weighted by molar-refractivity contribution is 5.92. The first-order valence-electron chi connectivity index (χ1n) is 10.4. The Morgan fingerprint density at radius 1 is 1.16 bits per heavy atom. The van der Waals surface area contributed by atoms with Crippen molar-refractivity contribution in [2.75, 3.05) is 23.9 Å². The summed E-state index contributed by atoms with van der Waals surface area (Å²) in [5, 5.41) is 14.8. The van der Waals surface area contributed by atoms with Crippen LogP contribution in [-0.2, 0) is 16.2 Å². The zero-order valence-corrected chi connectivity index (χ0v) is 17.9. The molecule has 1 aliphatic rings. The van der Waals surface area contributed by atoms with Gasteiger partial charge in [0.15, 0.2) is 0 Å². The fraction of sp³-hybridized carbons (Fsp3) is 0.364. The second-order valence-electron chi connectivity index (χ2n) is 7.40. The molecule has 1 aliphatic carbocycles. The van der Waals surface area contributed by atoms with E-state index >= 15 is 0 Å². The molecule has 0 unspecified atom stereocenters. The van der Waals surface area contributed by atoms with Gasteiger partial charge in [0.25, 0.3) is 0 Å². The smallest absolute Gasteiger partial charge is 0.348 e. The van der Waals surface area contributed by atoms with Gasteiger partial charge in [-0.25, -0.2) is 19.6 Å². The van der Waals surface area contributed by atoms with Crippen LogP contribution in [0.4, 0.5) is 21.1 Å². The molecule has 0 saturated heterocycles. The van der Waals surface area contributed by atoms with Gasteiger partial charge in [-0.2, -0.15) is 0 Å². The molecule has 1 aromatic carbocycles. The molecule has 1 aromatic heterocycles. The summed E-state index contributed by atoms with van der Waals surface area (Å²) < 4.78 is 0. The van der Waals surface area contributed by atoms with E-state index in [1.165, 1.54) is 18.4 Å². The number of carbonyl (C=O) groups is 3. The Morgan fingerprint density at radius 3 is 2.53 bits per heavy atom. The summed E-state index contributed by atoms with van der Waals surface area (Å²) in [6.45, 7) is -0.279. The van der Waals surface area contributed by atoms with E-state index in [4.69, 9.17) is 9.94 Å². The Balaban J connectivity index is 1.79. The number of para-hydroxylation sites is 1. The average molecular weight is 441 g/mol. The number of nitrogens with one attached hydrogen (secondary N) is 2. The predicted molar refractivity (Wildman–Crippen MR) is 118 cm³/mol. The minimum atomic E-state index is -1.15. The number of urea groups is 2. The highest BCUT2D eigenvalue weighted by Crippen LogP contribution is 2.27. The van der Waals surface area contributed by atoms with Crippen molar-refractivity contribution >= 4 is 29.5 Å². The molecule has 1 saturated carbocycles. The van der Waals surface area contributed by atoms with E-state index in [2.05, 4.69) is 15.6 Å². The Hall–Kier alpha value is -3.66. The summed E-state index contributed by atoms with van der Waals surface area (Å²) in [6, 6.07) is 11.7. The number of carboxylic acids is 1. The van der Waals surface area contributed by atoms with Crippen LogP contribution in [0.25, 0.3) is 0 Å². The van der Waals surface area contributed by atoms with Crippen molar-refractivity contribution in [3.05, 3.63) is 54.2 Å². The van der Waals surface area contributed by atoms with Gasteiger partial charge in [-0.15, -0.1) is 0 Å². The molecule has 0 spiro atoms. The Labute approximate surface area is 186 Å². The van der Waals surface area contributed by atoms with Crippen LogP contribution in [0.1, 0.15) is 31.2 Å². The van der Waals surface area contributed by atoms with Crippen LogP contribution in [0.5, 0.6) is 0 Å². The molecule has 1 heterocycles. The minimum Gasteiger partial charge on any atom is -0.480 e. The minimum absolute atomic E-state index is 0.0336. The second kappa shape index (κ2) is 11.1. The fourth-order valence-electron chi connectivity index (χ4n) is 3.66. The summed E-state index contributed by atoms with van der Waals surface area (Å²) in [5.41, 5.74) is 1.44. The number of carboxylic acid groups (broad SMARTS) is 1. The number of aromatic nitrogens is 1. The molecular weight excluding hydrogens is 414 g/mol. The molecule has 170 valence electrons. The number of pyridine rings is 1. The number of carbonyl (C=O) groups excluding carboxylic acids is 2. The van der Waals surface area contributed by atoms with Crippen molar-refractivity contribution in [2.45, 2.75) is 38.3 Å². The van der Waals surface area contributed by atoms with Crippen molar-refractivity contribution in [2.24, 2.45) is 0 Å². The zero-order valence-electron chi connectivity index (χ0n) is 17.9. The van der Waals surface area contributed by atoms with Crippen LogP contribution in [-0.4, -0.2) is 52.9 Å². The van der Waals surface area contributed by atoms with Gasteiger partial charge in [0.2, 0.25) is 0 Å². The van der Waals surface area contributed by atoms with E-state index in [1.54, 1.807) is 17.0 Å². The molecule has 2 aromatic rings. The lowest BCUT2D eigenvalue weighted by molar-refractivity contribution is -0.135. The number of aliphatic carboxylic acids is 1. The maximum Gasteiger partial charge on any atom is 0.348 e. The second-order valence-corrected chi connectivity index (χ2v) is 7.40. The summed E-state index contributed by atoms with van der Waals surface area (Å²) in [4.78, 5) is 47.1. The number of hydrogen-bond donors (Lipinski definition) is 3. The Kier molecular flexibility index (Phi) is 7.98. The standard InChI is InChI=1S/C22H27N5O5/c1-32-27(18-9-5-6-10-18)22(31)26(17-7-3-2-4-8-17)15-16-11-12-23-19(13-16)25-21(30)24-14-20(28)29/h2-4,7-8,11-13,18H,5-6,9-10,14-15H2,1H3,(H,28,29)(H2,23,24,25,30). The van der Waals surface area contributed by atoms with Crippen molar-refractivity contribution < 1.29 is 24.3 Å². The molecule has 3 rings (SSSR count). The topological polar surface area (TPSA) is 124 Å². The molecular formula is C22H27N5O5. The van der Waals surface area contributed by atoms with Gasteiger partial charge < -0.3 is 10.4 Å². The van der Waals surface area contributed by atoms with Crippen molar-refractivity contribution in [3.8, 4) is 0 Å². The summed E-state index contributed by atoms with van der Waals surface area (Å²) in [5.74, 6) is -0.908. The van der Waals surface area contributed by atoms with Crippen LogP contribution in [0, 0.1) is 0 Å². The van der Waals surface area contributed by atoms with E-state index in [9.17, 15) is 14.4 Å². The normalized spacial score (nSPS) is 13.4. The summed E-state index contributed by atoms with van der Waals surface area (Å²) >= 11 is 0. The lowest BCUT2D eigenvalue weighted by Crippen LogP contribution is -2.46. The van der Waals surface area contributed by atoms with Crippen LogP contribution in [0.2, 0.25) is 0 Å². The van der Waals surface area contributed by atoms with E-state index in [1.807, 2.05) is 30.3 Å². The van der Waals surface area contributed by atoms with E-state index in [0.29, 0.717) is 5.69 Å². The largest absolute Gasteiger partial charge is 0.480 e. The molecule has 10 nitrogen and oxygen atoms in total. The number of hydrogen-bond acceptors (Lipinski definition) is 5. The first-order valence-corrected chi connectivity index (χ1v) is 10.4. The summed E-state index contributed by atoms with van der Waals surface area (Å²) in [6.07, 6.45) is 5.44. The lowest BCUT2D eigenvalue weighted by Gasteiger charge is -2.32. The number of hydroxylamine groups is 2. The van der Waals surface area contributed by atoms with Gasteiger partial charge in [-0.1, -0.05) is 31.0 Å².